The van der Waals surface area contributed by atoms with E-state index in [-0.39, 0.29) is 5.91 Å². The van der Waals surface area contributed by atoms with Gasteiger partial charge in [-0.2, -0.15) is 5.10 Å². The zero-order valence-electron chi connectivity index (χ0n) is 13.7. The first-order chi connectivity index (χ1) is 12.1. The summed E-state index contributed by atoms with van der Waals surface area (Å²) in [7, 11) is 0. The lowest BCUT2D eigenvalue weighted by atomic mass is 10.0. The number of rotatable bonds is 4. The molecule has 3 rings (SSSR count). The van der Waals surface area contributed by atoms with Crippen LogP contribution in [0.25, 0.3) is 11.1 Å². The molecular formula is C21H17BrN2O. The summed E-state index contributed by atoms with van der Waals surface area (Å²) in [6.07, 6.45) is 0. The van der Waals surface area contributed by atoms with Gasteiger partial charge in [-0.25, -0.2) is 5.43 Å². The van der Waals surface area contributed by atoms with E-state index in [1.54, 1.807) is 6.07 Å². The second-order valence-corrected chi connectivity index (χ2v) is 6.42. The first kappa shape index (κ1) is 17.1. The number of amides is 1. The number of hydrazone groups is 1. The van der Waals surface area contributed by atoms with Crippen LogP contribution < -0.4 is 5.43 Å². The third-order valence-electron chi connectivity index (χ3n) is 3.85. The average Bonchev–Trinajstić information content (AvgIpc) is 2.67. The third-order valence-corrected chi connectivity index (χ3v) is 4.54. The van der Waals surface area contributed by atoms with Crippen LogP contribution in [0.3, 0.4) is 0 Å². The largest absolute Gasteiger partial charge is 0.272 e. The van der Waals surface area contributed by atoms with Gasteiger partial charge in [0, 0.05) is 4.47 Å². The molecule has 0 saturated carbocycles. The van der Waals surface area contributed by atoms with Gasteiger partial charge >= 0.3 is 0 Å². The Labute approximate surface area is 155 Å². The number of nitrogens with zero attached hydrogens (tertiary/aromatic N) is 1. The van der Waals surface area contributed by atoms with E-state index >= 15 is 0 Å². The van der Waals surface area contributed by atoms with Crippen molar-refractivity contribution in [1.82, 2.24) is 5.43 Å². The first-order valence-corrected chi connectivity index (χ1v) is 8.69. The Bertz CT molecular complexity index is 903. The van der Waals surface area contributed by atoms with E-state index in [0.717, 1.165) is 21.3 Å². The van der Waals surface area contributed by atoms with Gasteiger partial charge in [0.1, 0.15) is 0 Å². The lowest BCUT2D eigenvalue weighted by Crippen LogP contribution is -2.19. The number of carbonyl (C=O) groups is 1. The molecule has 0 heterocycles. The van der Waals surface area contributed by atoms with Gasteiger partial charge in [0.15, 0.2) is 0 Å². The van der Waals surface area contributed by atoms with Crippen LogP contribution in [-0.2, 0) is 0 Å². The monoisotopic (exact) mass is 392 g/mol. The van der Waals surface area contributed by atoms with Crippen molar-refractivity contribution in [2.45, 2.75) is 6.92 Å². The molecule has 3 nitrogen and oxygen atoms in total. The van der Waals surface area contributed by atoms with Crippen molar-refractivity contribution in [3.05, 3.63) is 94.5 Å². The topological polar surface area (TPSA) is 41.5 Å². The maximum absolute atomic E-state index is 12.2. The molecule has 0 fully saturated rings. The Balaban J connectivity index is 1.72. The highest BCUT2D eigenvalue weighted by molar-refractivity contribution is 9.10. The van der Waals surface area contributed by atoms with Crippen molar-refractivity contribution in [2.75, 3.05) is 0 Å². The van der Waals surface area contributed by atoms with E-state index in [1.807, 2.05) is 55.5 Å². The quantitative estimate of drug-likeness (QED) is 0.476. The number of nitrogens with one attached hydrogen (secondary N) is 1. The van der Waals surface area contributed by atoms with Crippen LogP contribution in [0, 0.1) is 0 Å². The van der Waals surface area contributed by atoms with Gasteiger partial charge in [0.2, 0.25) is 0 Å². The Kier molecular flexibility index (Phi) is 5.41. The van der Waals surface area contributed by atoms with Crippen LogP contribution in [-0.4, -0.2) is 11.6 Å². The molecule has 0 saturated heterocycles. The van der Waals surface area contributed by atoms with Gasteiger partial charge in [-0.1, -0.05) is 66.7 Å². The van der Waals surface area contributed by atoms with Crippen molar-refractivity contribution in [3.8, 4) is 11.1 Å². The molecule has 4 heteroatoms. The highest BCUT2D eigenvalue weighted by atomic mass is 79.9. The average molecular weight is 393 g/mol. The summed E-state index contributed by atoms with van der Waals surface area (Å²) < 4.78 is 0.743. The van der Waals surface area contributed by atoms with Gasteiger partial charge in [0.25, 0.3) is 5.91 Å². The van der Waals surface area contributed by atoms with Gasteiger partial charge in [-0.3, -0.25) is 4.79 Å². The van der Waals surface area contributed by atoms with Crippen LogP contribution in [0.4, 0.5) is 0 Å². The summed E-state index contributed by atoms with van der Waals surface area (Å²) in [4.78, 5) is 12.2. The van der Waals surface area contributed by atoms with Crippen LogP contribution in [0.1, 0.15) is 22.8 Å². The van der Waals surface area contributed by atoms with Gasteiger partial charge in [-0.05, 0) is 51.7 Å². The predicted molar refractivity (Wildman–Crippen MR) is 106 cm³/mol. The van der Waals surface area contributed by atoms with E-state index in [0.29, 0.717) is 5.56 Å². The number of hydrogen-bond acceptors (Lipinski definition) is 2. The molecular weight excluding hydrogens is 376 g/mol. The molecule has 25 heavy (non-hydrogen) atoms. The molecule has 0 aliphatic rings. The second kappa shape index (κ2) is 7.90. The van der Waals surface area contributed by atoms with Crippen LogP contribution in [0.5, 0.6) is 0 Å². The van der Waals surface area contributed by atoms with Gasteiger partial charge < -0.3 is 0 Å². The minimum Gasteiger partial charge on any atom is -0.267 e. The molecule has 0 atom stereocenters. The van der Waals surface area contributed by atoms with E-state index in [9.17, 15) is 4.79 Å². The normalized spacial score (nSPS) is 11.2. The zero-order valence-corrected chi connectivity index (χ0v) is 15.3. The summed E-state index contributed by atoms with van der Waals surface area (Å²) in [6, 6.07) is 25.6. The van der Waals surface area contributed by atoms with Crippen molar-refractivity contribution < 1.29 is 4.79 Å². The molecule has 1 N–H and O–H groups in total. The summed E-state index contributed by atoms with van der Waals surface area (Å²) in [6.45, 7) is 1.87. The minimum absolute atomic E-state index is 0.243. The lowest BCUT2D eigenvalue weighted by molar-refractivity contribution is 0.0954. The van der Waals surface area contributed by atoms with E-state index in [1.165, 1.54) is 5.56 Å². The minimum atomic E-state index is -0.243. The fourth-order valence-electron chi connectivity index (χ4n) is 2.44. The predicted octanol–water partition coefficient (Wildman–Crippen LogP) is 5.27. The van der Waals surface area contributed by atoms with E-state index in [2.05, 4.69) is 50.7 Å². The highest BCUT2D eigenvalue weighted by Gasteiger charge is 2.08. The molecule has 0 unspecified atom stereocenters. The van der Waals surface area contributed by atoms with E-state index in [4.69, 9.17) is 0 Å². The van der Waals surface area contributed by atoms with Crippen molar-refractivity contribution in [1.29, 1.82) is 0 Å². The molecule has 0 aliphatic carbocycles. The number of halogens is 1. The second-order valence-electron chi connectivity index (χ2n) is 5.56. The molecule has 124 valence electrons. The van der Waals surface area contributed by atoms with Crippen LogP contribution in [0.2, 0.25) is 0 Å². The number of benzene rings is 3. The first-order valence-electron chi connectivity index (χ1n) is 7.90. The van der Waals surface area contributed by atoms with Gasteiger partial charge in [0.05, 0.1) is 11.3 Å². The Hall–Kier alpha value is -2.72. The summed E-state index contributed by atoms with van der Waals surface area (Å²) in [5, 5.41) is 4.21. The SMILES string of the molecule is C/C(=N\NC(=O)c1ccccc1Br)c1ccc(-c2ccccc2)cc1. The molecule has 0 bridgehead atoms. The lowest BCUT2D eigenvalue weighted by Gasteiger charge is -2.06. The molecule has 1 amide bonds. The fraction of sp³-hybridized carbons (Fsp3) is 0.0476. The standard InChI is InChI=1S/C21H17BrN2O/c1-15(23-24-21(25)19-9-5-6-10-20(19)22)16-11-13-18(14-12-16)17-7-3-2-4-8-17/h2-14H,1H3,(H,24,25)/b23-15+. The maximum Gasteiger partial charge on any atom is 0.272 e. The Morgan fingerprint density at radius 3 is 2.12 bits per heavy atom. The molecule has 0 aromatic heterocycles. The third kappa shape index (κ3) is 4.22. The smallest absolute Gasteiger partial charge is 0.267 e. The number of hydrogen-bond donors (Lipinski definition) is 1. The molecule has 0 aliphatic heterocycles. The van der Waals surface area contributed by atoms with E-state index < -0.39 is 0 Å². The highest BCUT2D eigenvalue weighted by Crippen LogP contribution is 2.19. The summed E-state index contributed by atoms with van der Waals surface area (Å²) in [5.74, 6) is -0.243. The zero-order chi connectivity index (χ0) is 17.6. The summed E-state index contributed by atoms with van der Waals surface area (Å²) >= 11 is 3.37. The molecule has 3 aromatic rings. The molecule has 0 radical (unpaired) electrons. The molecule has 0 spiro atoms. The fourth-order valence-corrected chi connectivity index (χ4v) is 2.90. The van der Waals surface area contributed by atoms with Crippen molar-refractivity contribution in [2.24, 2.45) is 5.10 Å². The maximum atomic E-state index is 12.2. The van der Waals surface area contributed by atoms with Crippen molar-refractivity contribution in [3.63, 3.8) is 0 Å². The van der Waals surface area contributed by atoms with Gasteiger partial charge in [-0.15, -0.1) is 0 Å². The Morgan fingerprint density at radius 1 is 0.840 bits per heavy atom. The van der Waals surface area contributed by atoms with Crippen LogP contribution >= 0.6 is 15.9 Å². The molecule has 3 aromatic carbocycles. The summed E-state index contributed by atoms with van der Waals surface area (Å²) in [5.41, 5.74) is 7.19. The Morgan fingerprint density at radius 2 is 1.44 bits per heavy atom. The number of carbonyl (C=O) groups excluding carboxylic acids is 1. The van der Waals surface area contributed by atoms with Crippen LogP contribution in [0.15, 0.2) is 88.4 Å². The van der Waals surface area contributed by atoms with Crippen molar-refractivity contribution >= 4 is 27.5 Å².